The van der Waals surface area contributed by atoms with E-state index in [0.29, 0.717) is 23.7 Å². The molecule has 0 radical (unpaired) electrons. The lowest BCUT2D eigenvalue weighted by Crippen LogP contribution is -2.40. The van der Waals surface area contributed by atoms with Crippen molar-refractivity contribution in [1.82, 2.24) is 4.90 Å². The van der Waals surface area contributed by atoms with Gasteiger partial charge in [0.05, 0.1) is 19.8 Å². The first kappa shape index (κ1) is 17.1. The van der Waals surface area contributed by atoms with E-state index in [4.69, 9.17) is 14.2 Å². The summed E-state index contributed by atoms with van der Waals surface area (Å²) >= 11 is 0. The lowest BCUT2D eigenvalue weighted by Gasteiger charge is -2.21. The molecule has 1 heterocycles. The highest BCUT2D eigenvalue weighted by molar-refractivity contribution is 5.97. The third-order valence-electron chi connectivity index (χ3n) is 3.85. The molecular weight excluding hydrogens is 302 g/mol. The average molecular weight is 323 g/mol. The lowest BCUT2D eigenvalue weighted by atomic mass is 10.1. The van der Waals surface area contributed by atoms with Gasteiger partial charge in [0, 0.05) is 25.6 Å². The summed E-state index contributed by atoms with van der Waals surface area (Å²) in [4.78, 5) is 25.4. The molecule has 1 N–H and O–H groups in total. The van der Waals surface area contributed by atoms with E-state index in [1.54, 1.807) is 18.2 Å². The lowest BCUT2D eigenvalue weighted by molar-refractivity contribution is -0.141. The summed E-state index contributed by atoms with van der Waals surface area (Å²) in [7, 11) is 3.00. The molecule has 0 aromatic heterocycles. The smallest absolute Gasteiger partial charge is 0.326 e. The third-order valence-corrected chi connectivity index (χ3v) is 3.85. The zero-order chi connectivity index (χ0) is 17.0. The van der Waals surface area contributed by atoms with E-state index in [1.165, 1.54) is 19.1 Å². The number of likely N-dealkylation sites (tertiary alicyclic amines) is 1. The van der Waals surface area contributed by atoms with Gasteiger partial charge in [-0.1, -0.05) is 0 Å². The summed E-state index contributed by atoms with van der Waals surface area (Å²) in [6.07, 6.45) is 0.00999. The molecule has 1 fully saturated rings. The van der Waals surface area contributed by atoms with Gasteiger partial charge in [-0.2, -0.15) is 0 Å². The van der Waals surface area contributed by atoms with Crippen LogP contribution in [0.1, 0.15) is 23.7 Å². The van der Waals surface area contributed by atoms with E-state index < -0.39 is 12.0 Å². The van der Waals surface area contributed by atoms with Crippen LogP contribution in [0.5, 0.6) is 11.5 Å². The number of carboxylic acid groups (broad SMARTS) is 1. The van der Waals surface area contributed by atoms with E-state index >= 15 is 0 Å². The van der Waals surface area contributed by atoms with Crippen LogP contribution >= 0.6 is 0 Å². The molecule has 2 unspecified atom stereocenters. The average Bonchev–Trinajstić information content (AvgIpc) is 2.99. The highest BCUT2D eigenvalue weighted by atomic mass is 16.5. The second-order valence-corrected chi connectivity index (χ2v) is 5.20. The summed E-state index contributed by atoms with van der Waals surface area (Å²) in [5, 5.41) is 9.31. The van der Waals surface area contributed by atoms with Crippen molar-refractivity contribution in [2.75, 3.05) is 27.4 Å². The number of carbonyl (C=O) groups is 2. The fourth-order valence-corrected chi connectivity index (χ4v) is 2.67. The van der Waals surface area contributed by atoms with Crippen LogP contribution in [0, 0.1) is 0 Å². The van der Waals surface area contributed by atoms with Crippen molar-refractivity contribution in [3.8, 4) is 11.5 Å². The summed E-state index contributed by atoms with van der Waals surface area (Å²) < 4.78 is 15.9. The van der Waals surface area contributed by atoms with E-state index in [9.17, 15) is 14.7 Å². The van der Waals surface area contributed by atoms with E-state index in [0.717, 1.165) is 0 Å². The van der Waals surface area contributed by atoms with Crippen molar-refractivity contribution in [3.05, 3.63) is 23.8 Å². The molecular formula is C16H21NO6. The predicted molar refractivity (Wildman–Crippen MR) is 82.0 cm³/mol. The first-order valence-corrected chi connectivity index (χ1v) is 7.39. The minimum absolute atomic E-state index is 0.252. The number of carboxylic acids is 1. The first-order chi connectivity index (χ1) is 11.0. The highest BCUT2D eigenvalue weighted by Crippen LogP contribution is 2.30. The maximum absolute atomic E-state index is 12.7. The van der Waals surface area contributed by atoms with Crippen LogP contribution in [0.25, 0.3) is 0 Å². The molecule has 7 heteroatoms. The molecule has 1 aliphatic rings. The zero-order valence-electron chi connectivity index (χ0n) is 13.4. The van der Waals surface area contributed by atoms with Gasteiger partial charge in [-0.05, 0) is 25.1 Å². The molecule has 1 aliphatic heterocycles. The number of rotatable bonds is 6. The minimum Gasteiger partial charge on any atom is -0.493 e. The van der Waals surface area contributed by atoms with E-state index in [-0.39, 0.29) is 25.0 Å². The zero-order valence-corrected chi connectivity index (χ0v) is 13.4. The molecule has 1 aromatic carbocycles. The SMILES string of the molecule is CCOc1ccc(C(=O)N2CC(OC)CC2C(=O)O)cc1OC. The van der Waals surface area contributed by atoms with Crippen LogP contribution in [-0.4, -0.2) is 61.4 Å². The van der Waals surface area contributed by atoms with Crippen LogP contribution in [0.15, 0.2) is 18.2 Å². The molecule has 2 atom stereocenters. The second kappa shape index (κ2) is 7.32. The topological polar surface area (TPSA) is 85.3 Å². The fraction of sp³-hybridized carbons (Fsp3) is 0.500. The molecule has 0 spiro atoms. The number of benzene rings is 1. The maximum Gasteiger partial charge on any atom is 0.326 e. The molecule has 1 saturated heterocycles. The Labute approximate surface area is 134 Å². The fourth-order valence-electron chi connectivity index (χ4n) is 2.67. The summed E-state index contributed by atoms with van der Waals surface area (Å²) in [5.74, 6) is -0.418. The van der Waals surface area contributed by atoms with Gasteiger partial charge in [0.15, 0.2) is 11.5 Å². The number of ether oxygens (including phenoxy) is 3. The van der Waals surface area contributed by atoms with Crippen LogP contribution in [0.2, 0.25) is 0 Å². The summed E-state index contributed by atoms with van der Waals surface area (Å²) in [5.41, 5.74) is 0.355. The standard InChI is InChI=1S/C16H21NO6/c1-4-23-13-6-5-10(7-14(13)22-3)15(18)17-9-11(21-2)8-12(17)16(19)20/h5-7,11-12H,4,8-9H2,1-3H3,(H,19,20). The Bertz CT molecular complexity index is 588. The first-order valence-electron chi connectivity index (χ1n) is 7.39. The summed E-state index contributed by atoms with van der Waals surface area (Å²) in [6.45, 7) is 2.58. The van der Waals surface area contributed by atoms with Crippen molar-refractivity contribution < 1.29 is 28.9 Å². The molecule has 1 aromatic rings. The van der Waals surface area contributed by atoms with Gasteiger partial charge in [-0.3, -0.25) is 4.79 Å². The molecule has 7 nitrogen and oxygen atoms in total. The largest absolute Gasteiger partial charge is 0.493 e. The van der Waals surface area contributed by atoms with Gasteiger partial charge < -0.3 is 24.2 Å². The highest BCUT2D eigenvalue weighted by Gasteiger charge is 2.40. The summed E-state index contributed by atoms with van der Waals surface area (Å²) in [6, 6.07) is 3.93. The minimum atomic E-state index is -1.03. The van der Waals surface area contributed by atoms with E-state index in [1.807, 2.05) is 6.92 Å². The third kappa shape index (κ3) is 3.56. The van der Waals surface area contributed by atoms with Crippen molar-refractivity contribution in [3.63, 3.8) is 0 Å². The number of carbonyl (C=O) groups excluding carboxylic acids is 1. The maximum atomic E-state index is 12.7. The van der Waals surface area contributed by atoms with Crippen molar-refractivity contribution in [2.24, 2.45) is 0 Å². The Balaban J connectivity index is 2.26. The Kier molecular flexibility index (Phi) is 5.44. The Morgan fingerprint density at radius 2 is 2.04 bits per heavy atom. The van der Waals surface area contributed by atoms with Crippen molar-refractivity contribution in [1.29, 1.82) is 0 Å². The number of hydrogen-bond donors (Lipinski definition) is 1. The van der Waals surface area contributed by atoms with E-state index in [2.05, 4.69) is 0 Å². The quantitative estimate of drug-likeness (QED) is 0.852. The van der Waals surface area contributed by atoms with Gasteiger partial charge in [0.25, 0.3) is 5.91 Å². The van der Waals surface area contributed by atoms with Gasteiger partial charge >= 0.3 is 5.97 Å². The van der Waals surface area contributed by atoms with Gasteiger partial charge in [0.1, 0.15) is 6.04 Å². The van der Waals surface area contributed by atoms with Gasteiger partial charge in [0.2, 0.25) is 0 Å². The van der Waals surface area contributed by atoms with Gasteiger partial charge in [-0.25, -0.2) is 4.79 Å². The number of nitrogens with zero attached hydrogens (tertiary/aromatic N) is 1. The molecule has 0 bridgehead atoms. The molecule has 0 aliphatic carbocycles. The molecule has 126 valence electrons. The predicted octanol–water partition coefficient (Wildman–Crippen LogP) is 1.41. The number of methoxy groups -OCH3 is 2. The Morgan fingerprint density at radius 3 is 2.61 bits per heavy atom. The van der Waals surface area contributed by atoms with Gasteiger partial charge in [-0.15, -0.1) is 0 Å². The number of amides is 1. The van der Waals surface area contributed by atoms with Crippen LogP contribution < -0.4 is 9.47 Å². The molecule has 0 saturated carbocycles. The Morgan fingerprint density at radius 1 is 1.30 bits per heavy atom. The van der Waals surface area contributed by atoms with Crippen LogP contribution in [-0.2, 0) is 9.53 Å². The number of aliphatic carboxylic acids is 1. The number of hydrogen-bond acceptors (Lipinski definition) is 5. The molecule has 23 heavy (non-hydrogen) atoms. The van der Waals surface area contributed by atoms with Crippen LogP contribution in [0.4, 0.5) is 0 Å². The molecule has 2 rings (SSSR count). The van der Waals surface area contributed by atoms with Crippen LogP contribution in [0.3, 0.4) is 0 Å². The monoisotopic (exact) mass is 323 g/mol. The van der Waals surface area contributed by atoms with Crippen molar-refractivity contribution >= 4 is 11.9 Å². The van der Waals surface area contributed by atoms with Crippen molar-refractivity contribution in [2.45, 2.75) is 25.5 Å². The normalized spacial score (nSPS) is 20.4. The molecule has 1 amide bonds. The second-order valence-electron chi connectivity index (χ2n) is 5.20. The Hall–Kier alpha value is -2.28.